The zero-order valence-corrected chi connectivity index (χ0v) is 11.8. The summed E-state index contributed by atoms with van der Waals surface area (Å²) in [6, 6.07) is 18.2. The summed E-state index contributed by atoms with van der Waals surface area (Å²) in [5, 5.41) is 5.44. The van der Waals surface area contributed by atoms with Crippen molar-refractivity contribution in [2.45, 2.75) is 13.1 Å². The highest BCUT2D eigenvalue weighted by molar-refractivity contribution is 6.30. The number of benzene rings is 2. The van der Waals surface area contributed by atoms with E-state index in [2.05, 4.69) is 22.4 Å². The molecule has 3 aromatic rings. The summed E-state index contributed by atoms with van der Waals surface area (Å²) >= 11 is 5.88. The Morgan fingerprint density at radius 1 is 0.900 bits per heavy atom. The molecule has 0 aliphatic heterocycles. The fraction of sp³-hybridized carbons (Fsp3) is 0.118. The van der Waals surface area contributed by atoms with Crippen LogP contribution in [0.1, 0.15) is 11.1 Å². The molecular weight excluding hydrogens is 268 g/mol. The first-order valence-corrected chi connectivity index (χ1v) is 6.98. The highest BCUT2D eigenvalue weighted by Gasteiger charge is 2.01. The van der Waals surface area contributed by atoms with E-state index in [1.54, 1.807) is 0 Å². The topological polar surface area (TPSA) is 24.9 Å². The molecule has 2 nitrogen and oxygen atoms in total. The Bertz CT molecular complexity index is 702. The van der Waals surface area contributed by atoms with Gasteiger partial charge >= 0.3 is 0 Å². The van der Waals surface area contributed by atoms with Gasteiger partial charge in [-0.15, -0.1) is 0 Å². The Morgan fingerprint density at radius 3 is 2.55 bits per heavy atom. The van der Waals surface area contributed by atoms with Crippen molar-refractivity contribution in [1.29, 1.82) is 0 Å². The zero-order valence-electron chi connectivity index (χ0n) is 11.0. The van der Waals surface area contributed by atoms with Crippen LogP contribution in [-0.4, -0.2) is 4.98 Å². The smallest absolute Gasteiger partial charge is 0.0705 e. The monoisotopic (exact) mass is 282 g/mol. The number of halogens is 1. The van der Waals surface area contributed by atoms with E-state index in [0.717, 1.165) is 23.6 Å². The minimum Gasteiger partial charge on any atom is -0.309 e. The first kappa shape index (κ1) is 13.1. The van der Waals surface area contributed by atoms with Gasteiger partial charge in [-0.3, -0.25) is 4.98 Å². The fourth-order valence-corrected chi connectivity index (χ4v) is 2.38. The van der Waals surface area contributed by atoms with Crippen molar-refractivity contribution >= 4 is 22.5 Å². The predicted molar refractivity (Wildman–Crippen MR) is 83.7 cm³/mol. The number of nitrogens with one attached hydrogen (secondary N) is 1. The van der Waals surface area contributed by atoms with E-state index in [-0.39, 0.29) is 0 Å². The van der Waals surface area contributed by atoms with Crippen LogP contribution in [0.5, 0.6) is 0 Å². The number of rotatable bonds is 4. The molecular formula is C17H15ClN2. The number of pyridine rings is 1. The lowest BCUT2D eigenvalue weighted by Crippen LogP contribution is -2.12. The maximum Gasteiger partial charge on any atom is 0.0705 e. The average Bonchev–Trinajstić information content (AvgIpc) is 2.49. The minimum atomic E-state index is 0.772. The molecule has 1 heterocycles. The lowest BCUT2D eigenvalue weighted by atomic mass is 10.1. The molecule has 3 rings (SSSR count). The van der Waals surface area contributed by atoms with Gasteiger partial charge in [-0.2, -0.15) is 0 Å². The van der Waals surface area contributed by atoms with E-state index < -0.39 is 0 Å². The van der Waals surface area contributed by atoms with Crippen molar-refractivity contribution in [3.63, 3.8) is 0 Å². The summed E-state index contributed by atoms with van der Waals surface area (Å²) in [5.41, 5.74) is 3.54. The first-order chi connectivity index (χ1) is 9.83. The van der Waals surface area contributed by atoms with Crippen LogP contribution in [0.4, 0.5) is 0 Å². The maximum absolute atomic E-state index is 5.88. The van der Waals surface area contributed by atoms with Crippen LogP contribution >= 0.6 is 11.6 Å². The van der Waals surface area contributed by atoms with Gasteiger partial charge in [0.05, 0.1) is 5.52 Å². The Labute approximate surface area is 123 Å². The standard InChI is InChI=1S/C17H15ClN2/c18-15-7-5-13(6-8-15)11-19-12-14-9-10-20-17-4-2-1-3-16(14)17/h1-10,19H,11-12H2. The van der Waals surface area contributed by atoms with Crippen LogP contribution in [0.25, 0.3) is 10.9 Å². The maximum atomic E-state index is 5.88. The molecule has 0 unspecified atom stereocenters. The van der Waals surface area contributed by atoms with Crippen molar-refractivity contribution in [3.05, 3.63) is 76.9 Å². The third kappa shape index (κ3) is 2.98. The average molecular weight is 283 g/mol. The quantitative estimate of drug-likeness (QED) is 0.776. The van der Waals surface area contributed by atoms with Crippen LogP contribution in [-0.2, 0) is 13.1 Å². The van der Waals surface area contributed by atoms with Gasteiger partial charge in [0.2, 0.25) is 0 Å². The molecule has 0 aliphatic carbocycles. The Hall–Kier alpha value is -1.90. The number of hydrogen-bond acceptors (Lipinski definition) is 2. The van der Waals surface area contributed by atoms with Crippen LogP contribution in [0.2, 0.25) is 5.02 Å². The number of aromatic nitrogens is 1. The molecule has 0 radical (unpaired) electrons. The Morgan fingerprint density at radius 2 is 1.70 bits per heavy atom. The summed E-state index contributed by atoms with van der Waals surface area (Å²) in [6.45, 7) is 1.65. The SMILES string of the molecule is Clc1ccc(CNCc2ccnc3ccccc23)cc1. The van der Waals surface area contributed by atoms with E-state index in [4.69, 9.17) is 11.6 Å². The molecule has 1 aromatic heterocycles. The van der Waals surface area contributed by atoms with E-state index in [9.17, 15) is 0 Å². The third-order valence-corrected chi connectivity index (χ3v) is 3.55. The van der Waals surface area contributed by atoms with Gasteiger partial charge in [0.25, 0.3) is 0 Å². The minimum absolute atomic E-state index is 0.772. The Kier molecular flexibility index (Phi) is 3.95. The van der Waals surface area contributed by atoms with Crippen LogP contribution in [0.15, 0.2) is 60.8 Å². The van der Waals surface area contributed by atoms with Gasteiger partial charge in [-0.05, 0) is 35.4 Å². The summed E-state index contributed by atoms with van der Waals surface area (Å²) in [5.74, 6) is 0. The van der Waals surface area contributed by atoms with Crippen molar-refractivity contribution < 1.29 is 0 Å². The largest absolute Gasteiger partial charge is 0.309 e. The summed E-state index contributed by atoms with van der Waals surface area (Å²) in [6.07, 6.45) is 1.86. The van der Waals surface area contributed by atoms with Gasteiger partial charge in [0.15, 0.2) is 0 Å². The second-order valence-corrected chi connectivity index (χ2v) is 5.15. The van der Waals surface area contributed by atoms with Gasteiger partial charge in [0.1, 0.15) is 0 Å². The highest BCUT2D eigenvalue weighted by Crippen LogP contribution is 2.16. The zero-order chi connectivity index (χ0) is 13.8. The van der Waals surface area contributed by atoms with Gasteiger partial charge in [-0.25, -0.2) is 0 Å². The van der Waals surface area contributed by atoms with Gasteiger partial charge in [0, 0.05) is 29.7 Å². The second kappa shape index (κ2) is 6.04. The number of fused-ring (bicyclic) bond motifs is 1. The van der Waals surface area contributed by atoms with Crippen molar-refractivity contribution in [2.24, 2.45) is 0 Å². The molecule has 0 aliphatic rings. The summed E-state index contributed by atoms with van der Waals surface area (Å²) in [4.78, 5) is 4.38. The molecule has 0 bridgehead atoms. The summed E-state index contributed by atoms with van der Waals surface area (Å²) < 4.78 is 0. The lowest BCUT2D eigenvalue weighted by Gasteiger charge is -2.08. The number of hydrogen-bond donors (Lipinski definition) is 1. The van der Waals surface area contributed by atoms with Crippen LogP contribution in [0.3, 0.4) is 0 Å². The van der Waals surface area contributed by atoms with Crippen molar-refractivity contribution in [2.75, 3.05) is 0 Å². The molecule has 20 heavy (non-hydrogen) atoms. The first-order valence-electron chi connectivity index (χ1n) is 6.61. The molecule has 0 spiro atoms. The highest BCUT2D eigenvalue weighted by atomic mass is 35.5. The molecule has 100 valence electrons. The van der Waals surface area contributed by atoms with E-state index in [1.165, 1.54) is 16.5 Å². The molecule has 0 saturated heterocycles. The van der Waals surface area contributed by atoms with Crippen LogP contribution < -0.4 is 5.32 Å². The number of nitrogens with zero attached hydrogens (tertiary/aromatic N) is 1. The molecule has 0 fully saturated rings. The van der Waals surface area contributed by atoms with E-state index >= 15 is 0 Å². The lowest BCUT2D eigenvalue weighted by molar-refractivity contribution is 0.696. The molecule has 3 heteroatoms. The van der Waals surface area contributed by atoms with E-state index in [1.807, 2.05) is 48.7 Å². The molecule has 1 N–H and O–H groups in total. The summed E-state index contributed by atoms with van der Waals surface area (Å²) in [7, 11) is 0. The van der Waals surface area contributed by atoms with Gasteiger partial charge < -0.3 is 5.32 Å². The van der Waals surface area contributed by atoms with Gasteiger partial charge in [-0.1, -0.05) is 41.9 Å². The van der Waals surface area contributed by atoms with Crippen molar-refractivity contribution in [3.8, 4) is 0 Å². The molecule has 0 amide bonds. The Balaban J connectivity index is 1.69. The second-order valence-electron chi connectivity index (χ2n) is 4.72. The fourth-order valence-electron chi connectivity index (χ4n) is 2.25. The molecule has 0 saturated carbocycles. The number of para-hydroxylation sites is 1. The van der Waals surface area contributed by atoms with E-state index in [0.29, 0.717) is 0 Å². The van der Waals surface area contributed by atoms with Crippen LogP contribution in [0, 0.1) is 0 Å². The third-order valence-electron chi connectivity index (χ3n) is 3.30. The predicted octanol–water partition coefficient (Wildman–Crippen LogP) is 4.18. The molecule has 0 atom stereocenters. The normalized spacial score (nSPS) is 10.8. The molecule has 2 aromatic carbocycles. The van der Waals surface area contributed by atoms with Crippen molar-refractivity contribution in [1.82, 2.24) is 10.3 Å².